The molecule has 2 nitrogen and oxygen atoms in total. The third-order valence-corrected chi connectivity index (χ3v) is 4.28. The van der Waals surface area contributed by atoms with E-state index in [1.54, 1.807) is 12.1 Å². The van der Waals surface area contributed by atoms with Gasteiger partial charge in [-0.25, -0.2) is 0 Å². The second-order valence-electron chi connectivity index (χ2n) is 4.59. The fourth-order valence-electron chi connectivity index (χ4n) is 1.53. The molecule has 0 saturated carbocycles. The fraction of sp³-hybridized carbons (Fsp3) is 0.571. The molecule has 0 spiro atoms. The molecule has 0 aliphatic carbocycles. The minimum absolute atomic E-state index is 0.151. The first kappa shape index (κ1) is 17.0. The molecule has 0 aromatic heterocycles. The number of halogens is 2. The van der Waals surface area contributed by atoms with Crippen molar-refractivity contribution in [1.82, 2.24) is 5.32 Å². The molecule has 1 N–H and O–H groups in total. The first-order valence-electron chi connectivity index (χ1n) is 6.40. The maximum absolute atomic E-state index is 6.14. The fourth-order valence-corrected chi connectivity index (χ4v) is 2.82. The van der Waals surface area contributed by atoms with Crippen LogP contribution in [0.15, 0.2) is 18.2 Å². The van der Waals surface area contributed by atoms with E-state index in [1.807, 2.05) is 24.9 Å². The maximum Gasteiger partial charge on any atom is 0.138 e. The lowest BCUT2D eigenvalue weighted by molar-refractivity contribution is 0.215. The van der Waals surface area contributed by atoms with Gasteiger partial charge in [0.25, 0.3) is 0 Å². The predicted octanol–water partition coefficient (Wildman–Crippen LogP) is 4.49. The lowest BCUT2D eigenvalue weighted by Crippen LogP contribution is -2.25. The van der Waals surface area contributed by atoms with Gasteiger partial charge >= 0.3 is 0 Å². The molecule has 1 aromatic carbocycles. The zero-order valence-electron chi connectivity index (χ0n) is 11.6. The molecular formula is C14H21Cl2NOS. The van der Waals surface area contributed by atoms with Crippen LogP contribution in [-0.4, -0.2) is 30.7 Å². The Hall–Kier alpha value is -0.0900. The van der Waals surface area contributed by atoms with Crippen molar-refractivity contribution in [2.24, 2.45) is 0 Å². The average molecular weight is 322 g/mol. The summed E-state index contributed by atoms with van der Waals surface area (Å²) in [6.07, 6.45) is 1.10. The van der Waals surface area contributed by atoms with E-state index in [0.29, 0.717) is 21.0 Å². The average Bonchev–Trinajstić information content (AvgIpc) is 2.35. The van der Waals surface area contributed by atoms with Crippen molar-refractivity contribution >= 4 is 35.0 Å². The molecule has 0 unspecified atom stereocenters. The van der Waals surface area contributed by atoms with Crippen molar-refractivity contribution in [2.75, 3.05) is 19.3 Å². The summed E-state index contributed by atoms with van der Waals surface area (Å²) < 4.78 is 6.00. The number of benzene rings is 1. The van der Waals surface area contributed by atoms with Crippen LogP contribution in [0.5, 0.6) is 5.75 Å². The van der Waals surface area contributed by atoms with E-state index in [-0.39, 0.29) is 6.10 Å². The van der Waals surface area contributed by atoms with Gasteiger partial charge in [0, 0.05) is 10.8 Å². The standard InChI is InChI=1S/C14H21Cl2NOS/c1-10(2)19-9-12(6-7-17-3)18-14-5-4-11(15)8-13(14)16/h4-5,8,10,12,17H,6-7,9H2,1-3H3/t12-/m1/s1. The molecule has 0 saturated heterocycles. The second-order valence-corrected chi connectivity index (χ2v) is 7.04. The Morgan fingerprint density at radius 2 is 2.05 bits per heavy atom. The number of rotatable bonds is 8. The van der Waals surface area contributed by atoms with E-state index in [1.165, 1.54) is 0 Å². The van der Waals surface area contributed by atoms with Crippen LogP contribution in [0.25, 0.3) is 0 Å². The smallest absolute Gasteiger partial charge is 0.138 e. The van der Waals surface area contributed by atoms with Crippen LogP contribution in [-0.2, 0) is 0 Å². The summed E-state index contributed by atoms with van der Waals surface area (Å²) in [6.45, 7) is 5.30. The van der Waals surface area contributed by atoms with Gasteiger partial charge in [-0.05, 0) is 43.5 Å². The largest absolute Gasteiger partial charge is 0.488 e. The number of hydrogen-bond donors (Lipinski definition) is 1. The quantitative estimate of drug-likeness (QED) is 0.762. The molecule has 0 aliphatic rings. The highest BCUT2D eigenvalue weighted by atomic mass is 35.5. The van der Waals surface area contributed by atoms with Crippen molar-refractivity contribution in [1.29, 1.82) is 0 Å². The van der Waals surface area contributed by atoms with E-state index < -0.39 is 0 Å². The summed E-state index contributed by atoms with van der Waals surface area (Å²) >= 11 is 13.9. The lowest BCUT2D eigenvalue weighted by atomic mass is 10.2. The first-order chi connectivity index (χ1) is 9.02. The predicted molar refractivity (Wildman–Crippen MR) is 87.0 cm³/mol. The molecule has 0 radical (unpaired) electrons. The van der Waals surface area contributed by atoms with Gasteiger partial charge in [0.1, 0.15) is 11.9 Å². The summed E-state index contributed by atoms with van der Waals surface area (Å²) in [5, 5.41) is 4.94. The Labute approximate surface area is 130 Å². The Morgan fingerprint density at radius 1 is 1.32 bits per heavy atom. The second kappa shape index (κ2) is 8.96. The van der Waals surface area contributed by atoms with E-state index >= 15 is 0 Å². The Morgan fingerprint density at radius 3 is 2.63 bits per heavy atom. The monoisotopic (exact) mass is 321 g/mol. The molecule has 1 atom stereocenters. The molecule has 0 aliphatic heterocycles. The molecule has 19 heavy (non-hydrogen) atoms. The van der Waals surface area contributed by atoms with E-state index in [2.05, 4.69) is 19.2 Å². The highest BCUT2D eigenvalue weighted by Gasteiger charge is 2.13. The first-order valence-corrected chi connectivity index (χ1v) is 8.21. The maximum atomic E-state index is 6.14. The minimum atomic E-state index is 0.151. The van der Waals surface area contributed by atoms with Gasteiger partial charge in [0.15, 0.2) is 0 Å². The van der Waals surface area contributed by atoms with Gasteiger partial charge in [-0.2, -0.15) is 11.8 Å². The highest BCUT2D eigenvalue weighted by Crippen LogP contribution is 2.29. The normalized spacial score (nSPS) is 12.7. The zero-order chi connectivity index (χ0) is 14.3. The molecule has 0 fully saturated rings. The van der Waals surface area contributed by atoms with Crippen molar-refractivity contribution in [2.45, 2.75) is 31.6 Å². The Balaban J connectivity index is 2.63. The molecule has 5 heteroatoms. The Kier molecular flexibility index (Phi) is 8.00. The molecular weight excluding hydrogens is 301 g/mol. The molecule has 0 bridgehead atoms. The summed E-state index contributed by atoms with van der Waals surface area (Å²) in [7, 11) is 1.95. The van der Waals surface area contributed by atoms with Gasteiger partial charge in [-0.3, -0.25) is 0 Å². The van der Waals surface area contributed by atoms with E-state index in [0.717, 1.165) is 18.7 Å². The number of nitrogens with one attached hydrogen (secondary N) is 1. The third-order valence-electron chi connectivity index (χ3n) is 2.52. The molecule has 1 rings (SSSR count). The van der Waals surface area contributed by atoms with Crippen LogP contribution in [0.3, 0.4) is 0 Å². The van der Waals surface area contributed by atoms with Crippen LogP contribution in [0.4, 0.5) is 0 Å². The van der Waals surface area contributed by atoms with Crippen molar-refractivity contribution < 1.29 is 4.74 Å². The number of ether oxygens (including phenoxy) is 1. The molecule has 108 valence electrons. The van der Waals surface area contributed by atoms with Crippen LogP contribution >= 0.6 is 35.0 Å². The zero-order valence-corrected chi connectivity index (χ0v) is 13.9. The van der Waals surface area contributed by atoms with Gasteiger partial charge in [0.2, 0.25) is 0 Å². The summed E-state index contributed by atoms with van der Waals surface area (Å²) in [5.41, 5.74) is 0. The molecule has 0 amide bonds. The van der Waals surface area contributed by atoms with Crippen molar-refractivity contribution in [3.05, 3.63) is 28.2 Å². The molecule has 0 heterocycles. The highest BCUT2D eigenvalue weighted by molar-refractivity contribution is 7.99. The van der Waals surface area contributed by atoms with Crippen LogP contribution in [0.2, 0.25) is 10.0 Å². The van der Waals surface area contributed by atoms with E-state index in [4.69, 9.17) is 27.9 Å². The topological polar surface area (TPSA) is 21.3 Å². The van der Waals surface area contributed by atoms with Gasteiger partial charge in [-0.15, -0.1) is 0 Å². The van der Waals surface area contributed by atoms with Gasteiger partial charge < -0.3 is 10.1 Å². The van der Waals surface area contributed by atoms with Crippen LogP contribution in [0.1, 0.15) is 20.3 Å². The number of thioether (sulfide) groups is 1. The van der Waals surface area contributed by atoms with Crippen LogP contribution in [0, 0.1) is 0 Å². The summed E-state index contributed by atoms with van der Waals surface area (Å²) in [6, 6.07) is 5.34. The Bertz CT molecular complexity index is 388. The molecule has 1 aromatic rings. The summed E-state index contributed by atoms with van der Waals surface area (Å²) in [5.74, 6) is 1.66. The van der Waals surface area contributed by atoms with Gasteiger partial charge in [-0.1, -0.05) is 37.0 Å². The van der Waals surface area contributed by atoms with Crippen LogP contribution < -0.4 is 10.1 Å². The van der Waals surface area contributed by atoms with Gasteiger partial charge in [0.05, 0.1) is 5.02 Å². The van der Waals surface area contributed by atoms with Crippen molar-refractivity contribution in [3.63, 3.8) is 0 Å². The van der Waals surface area contributed by atoms with E-state index in [9.17, 15) is 0 Å². The third kappa shape index (κ3) is 6.75. The minimum Gasteiger partial charge on any atom is -0.488 e. The lowest BCUT2D eigenvalue weighted by Gasteiger charge is -2.20. The van der Waals surface area contributed by atoms with Crippen molar-refractivity contribution in [3.8, 4) is 5.75 Å². The summed E-state index contributed by atoms with van der Waals surface area (Å²) in [4.78, 5) is 0. The number of hydrogen-bond acceptors (Lipinski definition) is 3. The SMILES string of the molecule is CNCC[C@H](CSC(C)C)Oc1ccc(Cl)cc1Cl.